The van der Waals surface area contributed by atoms with Crippen LogP contribution >= 0.6 is 23.1 Å². The van der Waals surface area contributed by atoms with E-state index in [4.69, 9.17) is 23.8 Å². The van der Waals surface area contributed by atoms with E-state index in [1.54, 1.807) is 11.7 Å². The van der Waals surface area contributed by atoms with Crippen molar-refractivity contribution in [3.63, 3.8) is 0 Å². The van der Waals surface area contributed by atoms with Crippen LogP contribution in [0.3, 0.4) is 0 Å². The van der Waals surface area contributed by atoms with Crippen molar-refractivity contribution in [3.8, 4) is 40.2 Å². The molecule has 11 nitrogen and oxygen atoms in total. The lowest BCUT2D eigenvalue weighted by Gasteiger charge is -2.43. The molecule has 1 N–H and O–H groups in total. The van der Waals surface area contributed by atoms with Gasteiger partial charge in [0.2, 0.25) is 29.3 Å². The quantitative estimate of drug-likeness (QED) is 0.158. The molecule has 0 bridgehead atoms. The van der Waals surface area contributed by atoms with Crippen LogP contribution in [0, 0.1) is 0 Å². The zero-order chi connectivity index (χ0) is 32.1. The van der Waals surface area contributed by atoms with E-state index >= 15 is 0 Å². The predicted octanol–water partition coefficient (Wildman–Crippen LogP) is 8.24. The highest BCUT2D eigenvalue weighted by atomic mass is 32.2. The lowest BCUT2D eigenvalue weighted by molar-refractivity contribution is 0.00301. The minimum absolute atomic E-state index is 0.158. The van der Waals surface area contributed by atoms with Crippen molar-refractivity contribution in [1.82, 2.24) is 40.2 Å². The predicted molar refractivity (Wildman–Crippen MR) is 181 cm³/mol. The molecular formula is C35H30N8O3S2. The van der Waals surface area contributed by atoms with Crippen molar-refractivity contribution in [2.24, 2.45) is 0 Å². The normalized spacial score (nSPS) is 20.2. The molecule has 7 aromatic rings. The maximum absolute atomic E-state index is 6.37. The minimum atomic E-state index is -0.434. The number of aromatic amines is 1. The minimum Gasteiger partial charge on any atom is -0.473 e. The van der Waals surface area contributed by atoms with E-state index in [1.807, 2.05) is 53.5 Å². The maximum Gasteiger partial charge on any atom is 0.243 e. The number of benzene rings is 2. The molecule has 2 aromatic carbocycles. The van der Waals surface area contributed by atoms with Gasteiger partial charge in [0.15, 0.2) is 5.82 Å². The number of ether oxygens (including phenoxy) is 1. The van der Waals surface area contributed by atoms with Crippen molar-refractivity contribution in [3.05, 3.63) is 89.5 Å². The fraction of sp³-hybridized carbons (Fsp3) is 0.286. The van der Waals surface area contributed by atoms with Gasteiger partial charge in [-0.25, -0.2) is 15.0 Å². The SMILES string of the molecule is CC1(c2nc(-c3ccc4nc(-c5cscn5)[nH]c4c3)no2)CCC1Oc1ccc(-c2noc(C3(Sc4ccccc4)CCCC3)n2)cn1. The van der Waals surface area contributed by atoms with Crippen LogP contribution in [0.4, 0.5) is 0 Å². The molecule has 2 atom stereocenters. The van der Waals surface area contributed by atoms with Crippen LogP contribution in [0.15, 0.2) is 91.7 Å². The van der Waals surface area contributed by atoms with Crippen molar-refractivity contribution >= 4 is 34.1 Å². The average molecular weight is 675 g/mol. The number of nitrogens with zero attached hydrogens (tertiary/aromatic N) is 7. The van der Waals surface area contributed by atoms with Crippen LogP contribution < -0.4 is 4.74 Å². The van der Waals surface area contributed by atoms with Gasteiger partial charge in [-0.15, -0.1) is 23.1 Å². The van der Waals surface area contributed by atoms with Crippen LogP contribution in [0.2, 0.25) is 0 Å². The molecule has 5 heterocycles. The summed E-state index contributed by atoms with van der Waals surface area (Å²) in [5, 5.41) is 10.6. The summed E-state index contributed by atoms with van der Waals surface area (Å²) in [6.07, 6.45) is 7.60. The maximum atomic E-state index is 6.37. The monoisotopic (exact) mass is 674 g/mol. The zero-order valence-electron chi connectivity index (χ0n) is 26.0. The fourth-order valence-electron chi connectivity index (χ4n) is 6.57. The van der Waals surface area contributed by atoms with Gasteiger partial charge in [-0.3, -0.25) is 0 Å². The van der Waals surface area contributed by atoms with Gasteiger partial charge >= 0.3 is 0 Å². The Morgan fingerprint density at radius 2 is 1.67 bits per heavy atom. The Hall–Kier alpha value is -4.88. The van der Waals surface area contributed by atoms with Gasteiger partial charge in [-0.05, 0) is 69.0 Å². The molecule has 48 heavy (non-hydrogen) atoms. The molecule has 13 heteroatoms. The Morgan fingerprint density at radius 1 is 0.875 bits per heavy atom. The molecule has 0 spiro atoms. The number of pyridine rings is 1. The number of hydrogen-bond donors (Lipinski definition) is 1. The highest BCUT2D eigenvalue weighted by Gasteiger charge is 2.51. The van der Waals surface area contributed by atoms with E-state index in [9.17, 15) is 0 Å². The van der Waals surface area contributed by atoms with Crippen LogP contribution in [0.1, 0.15) is 57.2 Å². The number of thiazole rings is 1. The Balaban J connectivity index is 0.889. The van der Waals surface area contributed by atoms with E-state index in [1.165, 1.54) is 16.2 Å². The number of nitrogens with one attached hydrogen (secondary N) is 1. The Morgan fingerprint density at radius 3 is 2.42 bits per heavy atom. The summed E-state index contributed by atoms with van der Waals surface area (Å²) in [7, 11) is 0. The first-order valence-electron chi connectivity index (χ1n) is 16.0. The van der Waals surface area contributed by atoms with Gasteiger partial charge in [-0.2, -0.15) is 9.97 Å². The second kappa shape index (κ2) is 11.7. The third kappa shape index (κ3) is 5.17. The first-order chi connectivity index (χ1) is 23.5. The summed E-state index contributed by atoms with van der Waals surface area (Å²) < 4.78 is 17.9. The number of imidazole rings is 1. The second-order valence-corrected chi connectivity index (χ2v) is 14.8. The van der Waals surface area contributed by atoms with Crippen LogP contribution in [0.25, 0.3) is 45.3 Å². The van der Waals surface area contributed by atoms with Gasteiger partial charge in [0.25, 0.3) is 0 Å². The number of H-pyrrole nitrogens is 1. The molecule has 0 radical (unpaired) electrons. The summed E-state index contributed by atoms with van der Waals surface area (Å²) in [5.41, 5.74) is 5.53. The highest BCUT2D eigenvalue weighted by Crippen LogP contribution is 2.52. The molecule has 0 saturated heterocycles. The highest BCUT2D eigenvalue weighted by molar-refractivity contribution is 8.00. The topological polar surface area (TPSA) is 142 Å². The fourth-order valence-corrected chi connectivity index (χ4v) is 8.52. The Labute approximate surface area is 283 Å². The number of rotatable bonds is 9. The molecule has 2 fully saturated rings. The molecule has 0 aliphatic heterocycles. The van der Waals surface area contributed by atoms with E-state index in [-0.39, 0.29) is 10.9 Å². The first-order valence-corrected chi connectivity index (χ1v) is 17.7. The summed E-state index contributed by atoms with van der Waals surface area (Å²) in [5.74, 6) is 3.53. The number of thioether (sulfide) groups is 1. The molecule has 240 valence electrons. The molecule has 2 aliphatic carbocycles. The first kappa shape index (κ1) is 29.3. The lowest BCUT2D eigenvalue weighted by Crippen LogP contribution is -2.50. The molecule has 2 unspecified atom stereocenters. The van der Waals surface area contributed by atoms with E-state index in [0.717, 1.165) is 72.2 Å². The van der Waals surface area contributed by atoms with E-state index in [2.05, 4.69) is 61.4 Å². The van der Waals surface area contributed by atoms with Crippen molar-refractivity contribution in [2.75, 3.05) is 0 Å². The third-order valence-corrected chi connectivity index (χ3v) is 11.6. The zero-order valence-corrected chi connectivity index (χ0v) is 27.6. The Kier molecular flexibility index (Phi) is 7.12. The molecule has 0 amide bonds. The summed E-state index contributed by atoms with van der Waals surface area (Å²) in [6.45, 7) is 2.10. The van der Waals surface area contributed by atoms with Gasteiger partial charge in [0.1, 0.15) is 11.8 Å². The third-order valence-electron chi connectivity index (χ3n) is 9.51. The van der Waals surface area contributed by atoms with Crippen molar-refractivity contribution in [2.45, 2.75) is 66.6 Å². The average Bonchev–Trinajstić information content (AvgIpc) is 3.95. The van der Waals surface area contributed by atoms with Crippen LogP contribution in [-0.2, 0) is 10.2 Å². The Bertz CT molecular complexity index is 2190. The second-order valence-electron chi connectivity index (χ2n) is 12.6. The van der Waals surface area contributed by atoms with Gasteiger partial charge in [-0.1, -0.05) is 41.4 Å². The van der Waals surface area contributed by atoms with E-state index in [0.29, 0.717) is 29.3 Å². The van der Waals surface area contributed by atoms with E-state index < -0.39 is 5.41 Å². The van der Waals surface area contributed by atoms with Crippen LogP contribution in [-0.4, -0.2) is 46.3 Å². The van der Waals surface area contributed by atoms with Gasteiger partial charge in [0.05, 0.1) is 26.7 Å². The molecule has 2 aliphatic rings. The van der Waals surface area contributed by atoms with Gasteiger partial charge in [0, 0.05) is 33.7 Å². The largest absolute Gasteiger partial charge is 0.473 e. The van der Waals surface area contributed by atoms with Gasteiger partial charge < -0.3 is 18.8 Å². The molecule has 5 aromatic heterocycles. The number of aromatic nitrogens is 8. The molecular weight excluding hydrogens is 645 g/mol. The lowest BCUT2D eigenvalue weighted by atomic mass is 9.67. The summed E-state index contributed by atoms with van der Waals surface area (Å²) in [4.78, 5) is 27.8. The standard InChI is InChI=1S/C35H30N8O3S2/c1-34(32-40-29(42-45-32)21-9-11-24-25(17-21)39-31(38-24)26-19-47-20-37-26)16-13-27(34)44-28-12-10-22(18-36-28)30-41-33(46-43-30)35(14-5-6-15-35)48-23-7-3-2-4-8-23/h2-4,7-12,17-20,27H,5-6,13-16H2,1H3,(H,38,39). The smallest absolute Gasteiger partial charge is 0.243 e. The van der Waals surface area contributed by atoms with Crippen molar-refractivity contribution in [1.29, 1.82) is 0 Å². The van der Waals surface area contributed by atoms with Crippen LogP contribution in [0.5, 0.6) is 5.88 Å². The summed E-state index contributed by atoms with van der Waals surface area (Å²) >= 11 is 3.36. The molecule has 9 rings (SSSR count). The summed E-state index contributed by atoms with van der Waals surface area (Å²) in [6, 6.07) is 20.1. The number of hydrogen-bond acceptors (Lipinski definition) is 12. The van der Waals surface area contributed by atoms with Crippen molar-refractivity contribution < 1.29 is 13.8 Å². The molecule has 2 saturated carbocycles. The number of fused-ring (bicyclic) bond motifs is 1.